The second-order valence-corrected chi connectivity index (χ2v) is 10.4. The Morgan fingerprint density at radius 3 is 2.45 bits per heavy atom. The van der Waals surface area contributed by atoms with Crippen molar-refractivity contribution in [3.8, 4) is 0 Å². The Morgan fingerprint density at radius 1 is 1.00 bits per heavy atom. The molecule has 31 heavy (non-hydrogen) atoms. The van der Waals surface area contributed by atoms with Crippen molar-refractivity contribution in [1.29, 1.82) is 0 Å². The number of hydrogen-bond acceptors (Lipinski definition) is 5. The second kappa shape index (κ2) is 7.19. The third-order valence-corrected chi connectivity index (χ3v) is 7.95. The molecule has 1 saturated heterocycles. The lowest BCUT2D eigenvalue weighted by Crippen LogP contribution is -2.51. The van der Waals surface area contributed by atoms with Crippen LogP contribution in [0.3, 0.4) is 0 Å². The molecule has 2 aromatic carbocycles. The number of para-hydroxylation sites is 1. The molecule has 0 radical (unpaired) electrons. The van der Waals surface area contributed by atoms with Crippen molar-refractivity contribution in [3.63, 3.8) is 0 Å². The van der Waals surface area contributed by atoms with E-state index in [-0.39, 0.29) is 48.2 Å². The largest absolute Gasteiger partial charge is 0.354 e. The Labute approximate surface area is 179 Å². The molecule has 0 spiro atoms. The Hall–Kier alpha value is -3.20. The summed E-state index contributed by atoms with van der Waals surface area (Å²) in [5, 5.41) is 2.77. The molecule has 0 bridgehead atoms. The molecule has 8 nitrogen and oxygen atoms in total. The molecule has 0 aliphatic carbocycles. The standard InChI is InChI=1S/C22H21N3O5S/c26-19(23-11-14-9-10-31(29,30)13-14)12-24-20-15-5-1-2-6-16(15)22(28)25(20)18-8-4-3-7-17(18)21(24)27/h1-8,14,20H,9-13H2,(H,23,26)/t14-,20+/m0/s1. The molecule has 0 aromatic heterocycles. The molecule has 0 unspecified atom stereocenters. The number of fused-ring (bicyclic) bond motifs is 5. The summed E-state index contributed by atoms with van der Waals surface area (Å²) >= 11 is 0. The topological polar surface area (TPSA) is 104 Å². The van der Waals surface area contributed by atoms with Crippen molar-refractivity contribution in [1.82, 2.24) is 10.2 Å². The van der Waals surface area contributed by atoms with Gasteiger partial charge in [0.2, 0.25) is 5.91 Å². The first-order chi connectivity index (χ1) is 14.9. The van der Waals surface area contributed by atoms with Crippen LogP contribution in [0.5, 0.6) is 0 Å². The van der Waals surface area contributed by atoms with E-state index in [1.807, 2.05) is 0 Å². The van der Waals surface area contributed by atoms with Crippen LogP contribution in [0.4, 0.5) is 5.69 Å². The van der Waals surface area contributed by atoms with Gasteiger partial charge in [-0.25, -0.2) is 8.42 Å². The van der Waals surface area contributed by atoms with E-state index < -0.39 is 16.0 Å². The van der Waals surface area contributed by atoms with E-state index in [9.17, 15) is 22.8 Å². The summed E-state index contributed by atoms with van der Waals surface area (Å²) in [5.74, 6) is -0.806. The quantitative estimate of drug-likeness (QED) is 0.775. The molecule has 3 aliphatic rings. The van der Waals surface area contributed by atoms with E-state index in [0.717, 1.165) is 0 Å². The highest BCUT2D eigenvalue weighted by Crippen LogP contribution is 2.44. The molecule has 1 N–H and O–H groups in total. The van der Waals surface area contributed by atoms with E-state index in [1.165, 1.54) is 4.90 Å². The zero-order chi connectivity index (χ0) is 21.8. The second-order valence-electron chi connectivity index (χ2n) is 8.16. The van der Waals surface area contributed by atoms with Crippen LogP contribution >= 0.6 is 0 Å². The number of amides is 3. The summed E-state index contributed by atoms with van der Waals surface area (Å²) in [6, 6.07) is 14.0. The van der Waals surface area contributed by atoms with Gasteiger partial charge in [-0.05, 0) is 30.5 Å². The van der Waals surface area contributed by atoms with E-state index in [1.54, 1.807) is 53.4 Å². The van der Waals surface area contributed by atoms with E-state index in [0.29, 0.717) is 28.8 Å². The lowest BCUT2D eigenvalue weighted by Gasteiger charge is -2.40. The Bertz CT molecular complexity index is 1210. The highest BCUT2D eigenvalue weighted by atomic mass is 32.2. The van der Waals surface area contributed by atoms with Gasteiger partial charge >= 0.3 is 0 Å². The van der Waals surface area contributed by atoms with Crippen molar-refractivity contribution >= 4 is 33.2 Å². The van der Waals surface area contributed by atoms with Gasteiger partial charge in [-0.1, -0.05) is 30.3 Å². The third kappa shape index (κ3) is 3.29. The molecule has 3 aliphatic heterocycles. The fourth-order valence-corrected chi connectivity index (χ4v) is 6.50. The first-order valence-corrected chi connectivity index (χ1v) is 12.0. The van der Waals surface area contributed by atoms with Crippen LogP contribution in [0.1, 0.15) is 38.9 Å². The molecule has 3 heterocycles. The predicted molar refractivity (Wildman–Crippen MR) is 113 cm³/mol. The van der Waals surface area contributed by atoms with Crippen molar-refractivity contribution < 1.29 is 22.8 Å². The van der Waals surface area contributed by atoms with E-state index in [2.05, 4.69) is 5.32 Å². The Morgan fingerprint density at radius 2 is 1.71 bits per heavy atom. The summed E-state index contributed by atoms with van der Waals surface area (Å²) < 4.78 is 23.3. The van der Waals surface area contributed by atoms with Crippen LogP contribution in [0.15, 0.2) is 48.5 Å². The minimum Gasteiger partial charge on any atom is -0.354 e. The molecule has 1 fully saturated rings. The third-order valence-electron chi connectivity index (χ3n) is 6.11. The fourth-order valence-electron chi connectivity index (χ4n) is 4.64. The number of carbonyl (C=O) groups excluding carboxylic acids is 3. The lowest BCUT2D eigenvalue weighted by atomic mass is 10.0. The van der Waals surface area contributed by atoms with Crippen LogP contribution < -0.4 is 10.2 Å². The average Bonchev–Trinajstić information content (AvgIpc) is 3.26. The van der Waals surface area contributed by atoms with Crippen LogP contribution in [0, 0.1) is 5.92 Å². The molecular formula is C22H21N3O5S. The molecule has 0 saturated carbocycles. The minimum absolute atomic E-state index is 0.0710. The fraction of sp³-hybridized carbons (Fsp3) is 0.318. The first kappa shape index (κ1) is 19.7. The maximum Gasteiger partial charge on any atom is 0.260 e. The normalized spacial score (nSPS) is 23.4. The number of hydrogen-bond donors (Lipinski definition) is 1. The maximum atomic E-state index is 13.3. The van der Waals surface area contributed by atoms with Crippen LogP contribution in [-0.4, -0.2) is 55.6 Å². The van der Waals surface area contributed by atoms with Crippen molar-refractivity contribution in [3.05, 3.63) is 65.2 Å². The molecule has 2 aromatic rings. The van der Waals surface area contributed by atoms with Gasteiger partial charge in [-0.15, -0.1) is 0 Å². The molecule has 2 atom stereocenters. The molecule has 3 amide bonds. The number of anilines is 1. The number of nitrogens with one attached hydrogen (secondary N) is 1. The summed E-state index contributed by atoms with van der Waals surface area (Å²) in [6.45, 7) is 0.0238. The number of rotatable bonds is 4. The van der Waals surface area contributed by atoms with Gasteiger partial charge in [0, 0.05) is 17.7 Å². The Kier molecular flexibility index (Phi) is 4.58. The van der Waals surface area contributed by atoms with Crippen LogP contribution in [-0.2, 0) is 14.6 Å². The van der Waals surface area contributed by atoms with E-state index >= 15 is 0 Å². The van der Waals surface area contributed by atoms with Gasteiger partial charge in [0.05, 0.1) is 22.8 Å². The van der Waals surface area contributed by atoms with Gasteiger partial charge in [0.1, 0.15) is 12.7 Å². The number of carbonyl (C=O) groups is 3. The summed E-state index contributed by atoms with van der Waals surface area (Å²) in [5.41, 5.74) is 2.10. The molecular weight excluding hydrogens is 418 g/mol. The molecule has 160 valence electrons. The van der Waals surface area contributed by atoms with Gasteiger partial charge in [-0.2, -0.15) is 0 Å². The Balaban J connectivity index is 1.42. The highest BCUT2D eigenvalue weighted by molar-refractivity contribution is 7.91. The average molecular weight is 439 g/mol. The van der Waals surface area contributed by atoms with E-state index in [4.69, 9.17) is 0 Å². The zero-order valence-corrected chi connectivity index (χ0v) is 17.5. The van der Waals surface area contributed by atoms with Gasteiger partial charge in [-0.3, -0.25) is 19.3 Å². The number of nitrogens with zero attached hydrogens (tertiary/aromatic N) is 2. The first-order valence-electron chi connectivity index (χ1n) is 10.2. The van der Waals surface area contributed by atoms with Crippen molar-refractivity contribution in [2.24, 2.45) is 5.92 Å². The SMILES string of the molecule is O=C(CN1C(=O)c2ccccc2N2C(=O)c3ccccc3[C@H]12)NC[C@@H]1CCS(=O)(=O)C1. The summed E-state index contributed by atoms with van der Waals surface area (Å²) in [6.07, 6.45) is -0.166. The van der Waals surface area contributed by atoms with Gasteiger partial charge in [0.15, 0.2) is 9.84 Å². The smallest absolute Gasteiger partial charge is 0.260 e. The van der Waals surface area contributed by atoms with Crippen molar-refractivity contribution in [2.45, 2.75) is 12.6 Å². The summed E-state index contributed by atoms with van der Waals surface area (Å²) in [7, 11) is -3.02. The van der Waals surface area contributed by atoms with Crippen LogP contribution in [0.2, 0.25) is 0 Å². The minimum atomic E-state index is -3.02. The molecule has 9 heteroatoms. The summed E-state index contributed by atoms with van der Waals surface area (Å²) in [4.78, 5) is 42.1. The zero-order valence-electron chi connectivity index (χ0n) is 16.7. The predicted octanol–water partition coefficient (Wildman–Crippen LogP) is 1.35. The van der Waals surface area contributed by atoms with Gasteiger partial charge in [0.25, 0.3) is 11.8 Å². The van der Waals surface area contributed by atoms with Crippen molar-refractivity contribution in [2.75, 3.05) is 29.5 Å². The number of sulfone groups is 1. The lowest BCUT2D eigenvalue weighted by molar-refractivity contribution is -0.122. The monoisotopic (exact) mass is 439 g/mol. The maximum absolute atomic E-state index is 13.3. The molecule has 5 rings (SSSR count). The highest BCUT2D eigenvalue weighted by Gasteiger charge is 2.48. The van der Waals surface area contributed by atoms with Crippen LogP contribution in [0.25, 0.3) is 0 Å². The number of benzene rings is 2. The van der Waals surface area contributed by atoms with Gasteiger partial charge < -0.3 is 10.2 Å².